The van der Waals surface area contributed by atoms with E-state index >= 15 is 0 Å². The van der Waals surface area contributed by atoms with Gasteiger partial charge in [0.2, 0.25) is 5.90 Å². The zero-order valence-corrected chi connectivity index (χ0v) is 26.8. The third kappa shape index (κ3) is 7.87. The van der Waals surface area contributed by atoms with E-state index in [1.807, 2.05) is 78.9 Å². The van der Waals surface area contributed by atoms with Crippen LogP contribution in [0.5, 0.6) is 17.2 Å². The van der Waals surface area contributed by atoms with E-state index in [9.17, 15) is 4.79 Å². The quantitative estimate of drug-likeness (QED) is 0.0468. The maximum atomic E-state index is 14.5. The first-order valence-corrected chi connectivity index (χ1v) is 15.5. The molecule has 4 aromatic carbocycles. The molecule has 1 amide bonds. The minimum atomic E-state index is -1.47. The molecule has 1 heterocycles. The van der Waals surface area contributed by atoms with Gasteiger partial charge in [-0.25, -0.2) is 10.4 Å². The van der Waals surface area contributed by atoms with Crippen LogP contribution in [0.15, 0.2) is 107 Å². The van der Waals surface area contributed by atoms with Crippen LogP contribution in [0.4, 0.5) is 0 Å². The van der Waals surface area contributed by atoms with Crippen LogP contribution < -0.4 is 25.1 Å². The molecule has 0 saturated carbocycles. The van der Waals surface area contributed by atoms with Crippen molar-refractivity contribution in [3.8, 4) is 17.2 Å². The molecule has 0 aromatic heterocycles. The summed E-state index contributed by atoms with van der Waals surface area (Å²) in [5.41, 5.74) is 17.4. The second kappa shape index (κ2) is 16.3. The largest absolute Gasteiger partial charge is 0.494 e. The van der Waals surface area contributed by atoms with Gasteiger partial charge in [-0.2, -0.15) is 0 Å². The number of hydrazine groups is 1. The molecule has 48 heavy (non-hydrogen) atoms. The van der Waals surface area contributed by atoms with Crippen molar-refractivity contribution in [1.82, 2.24) is 10.9 Å². The fourth-order valence-corrected chi connectivity index (χ4v) is 5.52. The van der Waals surface area contributed by atoms with E-state index in [2.05, 4.69) is 20.9 Å². The number of benzene rings is 4. The van der Waals surface area contributed by atoms with E-state index in [4.69, 9.17) is 34.6 Å². The van der Waals surface area contributed by atoms with Gasteiger partial charge in [0.25, 0.3) is 5.91 Å². The molecule has 0 fully saturated rings. The highest BCUT2D eigenvalue weighted by Crippen LogP contribution is 2.43. The van der Waals surface area contributed by atoms with Crippen molar-refractivity contribution in [1.29, 1.82) is 0 Å². The summed E-state index contributed by atoms with van der Waals surface area (Å²) in [6.45, 7) is 0.842. The number of carbonyl (C=O) groups is 1. The molecule has 0 aliphatic carbocycles. The maximum absolute atomic E-state index is 14.5. The second-order valence-electron chi connectivity index (χ2n) is 11.0. The first-order valence-electron chi connectivity index (χ1n) is 15.5. The van der Waals surface area contributed by atoms with Gasteiger partial charge >= 0.3 is 0 Å². The van der Waals surface area contributed by atoms with Gasteiger partial charge in [0.05, 0.1) is 27.4 Å². The normalized spacial score (nSPS) is 16.6. The molecule has 3 N–H and O–H groups in total. The monoisotopic (exact) mass is 650 g/mol. The Morgan fingerprint density at radius 3 is 2.42 bits per heavy atom. The van der Waals surface area contributed by atoms with Crippen LogP contribution in [0.3, 0.4) is 0 Å². The summed E-state index contributed by atoms with van der Waals surface area (Å²) < 4.78 is 23.1. The zero-order chi connectivity index (χ0) is 33.8. The summed E-state index contributed by atoms with van der Waals surface area (Å²) in [5, 5.41) is 12.9. The molecule has 1 aliphatic rings. The van der Waals surface area contributed by atoms with Crippen LogP contribution in [-0.2, 0) is 29.0 Å². The number of hydrogen-bond acceptors (Lipinski definition) is 9. The van der Waals surface area contributed by atoms with Crippen LogP contribution in [0.25, 0.3) is 10.4 Å². The van der Waals surface area contributed by atoms with E-state index in [1.165, 1.54) is 0 Å². The fourth-order valence-electron chi connectivity index (χ4n) is 5.52. The lowest BCUT2D eigenvalue weighted by Crippen LogP contribution is -2.53. The average molecular weight is 651 g/mol. The van der Waals surface area contributed by atoms with Crippen LogP contribution in [0.2, 0.25) is 0 Å². The average Bonchev–Trinajstić information content (AvgIpc) is 3.52. The molecule has 0 bridgehead atoms. The van der Waals surface area contributed by atoms with Crippen molar-refractivity contribution in [3.63, 3.8) is 0 Å². The fraction of sp³-hybridized carbons (Fsp3) is 0.278. The van der Waals surface area contributed by atoms with Gasteiger partial charge in [-0.1, -0.05) is 65.8 Å². The molecule has 4 aromatic rings. The number of ether oxygens (including phenoxy) is 4. The van der Waals surface area contributed by atoms with Crippen molar-refractivity contribution in [2.45, 2.75) is 37.6 Å². The first kappa shape index (κ1) is 33.8. The van der Waals surface area contributed by atoms with Crippen LogP contribution in [0, 0.1) is 0 Å². The van der Waals surface area contributed by atoms with Gasteiger partial charge in [-0.15, -0.1) is 0 Å². The Morgan fingerprint density at radius 2 is 1.71 bits per heavy atom. The van der Waals surface area contributed by atoms with Gasteiger partial charge in [-0.05, 0) is 64.2 Å². The van der Waals surface area contributed by atoms with E-state index in [0.717, 1.165) is 22.3 Å². The lowest BCUT2D eigenvalue weighted by Gasteiger charge is -2.31. The molecule has 0 spiro atoms. The Hall–Kier alpha value is -5.55. The van der Waals surface area contributed by atoms with Gasteiger partial charge in [0.1, 0.15) is 5.75 Å². The summed E-state index contributed by atoms with van der Waals surface area (Å²) in [7, 11) is 3.14. The molecule has 0 unspecified atom stereocenters. The summed E-state index contributed by atoms with van der Waals surface area (Å²) >= 11 is 0. The number of rotatable bonds is 16. The standard InChI is InChI=1S/C36H38N6O6/c1-45-31-18-13-25(21-32(31)46-2)23-38-41-35(44)36(22-28-11-6-7-12-29(28)24-39-42-37)33(26-9-4-3-5-10-26)48-34(40-36)27-14-16-30(17-15-27)47-20-8-19-43/h3-7,9-18,21,33,38,43H,8,19-20,22-24H2,1-2H3,(H,41,44)/t33-,36-/m0/s1. The number of nitrogens with zero attached hydrogens (tertiary/aromatic N) is 4. The van der Waals surface area contributed by atoms with Gasteiger partial charge in [0, 0.05) is 36.5 Å². The maximum Gasteiger partial charge on any atom is 0.266 e. The minimum Gasteiger partial charge on any atom is -0.494 e. The molecule has 2 atom stereocenters. The highest BCUT2D eigenvalue weighted by Gasteiger charge is 2.53. The Labute approximate surface area is 278 Å². The third-order valence-electron chi connectivity index (χ3n) is 7.96. The summed E-state index contributed by atoms with van der Waals surface area (Å²) in [6.07, 6.45) is -0.126. The molecule has 12 heteroatoms. The number of aliphatic hydroxyl groups is 1. The smallest absolute Gasteiger partial charge is 0.266 e. The lowest BCUT2D eigenvalue weighted by atomic mass is 9.81. The lowest BCUT2D eigenvalue weighted by molar-refractivity contribution is -0.130. The van der Waals surface area contributed by atoms with E-state index < -0.39 is 17.6 Å². The summed E-state index contributed by atoms with van der Waals surface area (Å²) in [5.74, 6) is 1.70. The molecule has 0 saturated heterocycles. The molecule has 1 aliphatic heterocycles. The van der Waals surface area contributed by atoms with Gasteiger partial charge in [-0.3, -0.25) is 10.2 Å². The Morgan fingerprint density at radius 1 is 0.979 bits per heavy atom. The molecule has 5 rings (SSSR count). The Balaban J connectivity index is 1.52. The number of azide groups is 1. The molecular weight excluding hydrogens is 612 g/mol. The number of hydrogen-bond donors (Lipinski definition) is 3. The number of aliphatic hydroxyl groups excluding tert-OH is 1. The van der Waals surface area contributed by atoms with E-state index in [1.54, 1.807) is 32.4 Å². The Bertz CT molecular complexity index is 1760. The molecule has 248 valence electrons. The summed E-state index contributed by atoms with van der Waals surface area (Å²) in [4.78, 5) is 22.6. The highest BCUT2D eigenvalue weighted by molar-refractivity contribution is 6.01. The number of carbonyl (C=O) groups excluding carboxylic acids is 1. The van der Waals surface area contributed by atoms with Crippen LogP contribution >= 0.6 is 0 Å². The van der Waals surface area contributed by atoms with Crippen molar-refractivity contribution < 1.29 is 28.8 Å². The molecular formula is C36H38N6O6. The molecule has 0 radical (unpaired) electrons. The van der Waals surface area contributed by atoms with E-state index in [0.29, 0.717) is 48.3 Å². The van der Waals surface area contributed by atoms with Crippen LogP contribution in [0.1, 0.15) is 40.3 Å². The van der Waals surface area contributed by atoms with Gasteiger partial charge in [0.15, 0.2) is 23.1 Å². The number of nitrogens with one attached hydrogen (secondary N) is 2. The van der Waals surface area contributed by atoms with Crippen molar-refractivity contribution in [2.24, 2.45) is 10.1 Å². The number of amides is 1. The predicted octanol–water partition coefficient (Wildman–Crippen LogP) is 5.60. The SMILES string of the molecule is COc1ccc(CNNC(=O)[C@@]2(Cc3ccccc3CN=[N+]=[N-])N=C(c3ccc(OCCCO)cc3)O[C@H]2c2ccccc2)cc1OC. The predicted molar refractivity (Wildman–Crippen MR) is 181 cm³/mol. The van der Waals surface area contributed by atoms with Gasteiger partial charge < -0.3 is 24.1 Å². The number of methoxy groups -OCH3 is 2. The highest BCUT2D eigenvalue weighted by atomic mass is 16.5. The first-order chi connectivity index (χ1) is 23.5. The molecule has 12 nitrogen and oxygen atoms in total. The number of aliphatic imine (C=N–C) groups is 1. The zero-order valence-electron chi connectivity index (χ0n) is 26.8. The Kier molecular flexibility index (Phi) is 11.5. The topological polar surface area (TPSA) is 159 Å². The second-order valence-corrected chi connectivity index (χ2v) is 11.0. The van der Waals surface area contributed by atoms with E-state index in [-0.39, 0.29) is 19.6 Å². The summed E-state index contributed by atoms with van der Waals surface area (Å²) in [6, 6.07) is 29.8. The van der Waals surface area contributed by atoms with Crippen molar-refractivity contribution >= 4 is 11.8 Å². The van der Waals surface area contributed by atoms with Crippen LogP contribution in [-0.4, -0.2) is 49.9 Å². The van der Waals surface area contributed by atoms with Crippen molar-refractivity contribution in [2.75, 3.05) is 27.4 Å². The van der Waals surface area contributed by atoms with Crippen molar-refractivity contribution in [3.05, 3.63) is 135 Å². The third-order valence-corrected chi connectivity index (χ3v) is 7.96. The minimum absolute atomic E-state index is 0.0445.